The van der Waals surface area contributed by atoms with Crippen LogP contribution in [0.2, 0.25) is 5.02 Å². The van der Waals surface area contributed by atoms with Gasteiger partial charge in [-0.3, -0.25) is 0 Å². The van der Waals surface area contributed by atoms with Gasteiger partial charge in [0.2, 0.25) is 5.06 Å². The van der Waals surface area contributed by atoms with Crippen LogP contribution in [0.3, 0.4) is 0 Å². The minimum atomic E-state index is 0.463. The van der Waals surface area contributed by atoms with Gasteiger partial charge in [0.15, 0.2) is 5.75 Å². The van der Waals surface area contributed by atoms with Crippen molar-refractivity contribution in [3.05, 3.63) is 114 Å². The van der Waals surface area contributed by atoms with Crippen LogP contribution >= 0.6 is 22.9 Å². The average molecular weight is 443 g/mol. The van der Waals surface area contributed by atoms with Crippen LogP contribution in [0, 0.1) is 0 Å². The summed E-state index contributed by atoms with van der Waals surface area (Å²) in [5, 5.41) is 2.48. The van der Waals surface area contributed by atoms with Crippen LogP contribution in [0.4, 0.5) is 0 Å². The number of hydrogen-bond donors (Lipinski definition) is 0. The fourth-order valence-corrected chi connectivity index (χ4v) is 4.54. The van der Waals surface area contributed by atoms with Crippen LogP contribution < -0.4 is 9.47 Å². The molecule has 0 saturated carbocycles. The van der Waals surface area contributed by atoms with E-state index in [0.29, 0.717) is 11.6 Å². The maximum absolute atomic E-state index is 6.26. The number of halogens is 1. The molecule has 5 aromatic rings. The van der Waals surface area contributed by atoms with Crippen LogP contribution in [0.5, 0.6) is 16.6 Å². The Hall–Kier alpha value is -3.27. The molecule has 0 atom stereocenters. The number of fused-ring (bicyclic) bond motifs is 1. The number of rotatable bonds is 6. The molecule has 152 valence electrons. The zero-order chi connectivity index (χ0) is 21.0. The van der Waals surface area contributed by atoms with E-state index in [9.17, 15) is 0 Å². The minimum Gasteiger partial charge on any atom is -0.476 e. The van der Waals surface area contributed by atoms with Gasteiger partial charge in [-0.2, -0.15) is 0 Å². The molecular formula is C27H19ClO2S. The molecule has 0 N–H and O–H groups in total. The van der Waals surface area contributed by atoms with Gasteiger partial charge < -0.3 is 9.47 Å². The lowest BCUT2D eigenvalue weighted by Gasteiger charge is -2.10. The topological polar surface area (TPSA) is 18.5 Å². The van der Waals surface area contributed by atoms with Crippen molar-refractivity contribution in [3.63, 3.8) is 0 Å². The normalized spacial score (nSPS) is 10.9. The van der Waals surface area contributed by atoms with Gasteiger partial charge in [-0.1, -0.05) is 83.6 Å². The van der Waals surface area contributed by atoms with E-state index in [1.807, 2.05) is 42.5 Å². The third-order valence-corrected chi connectivity index (χ3v) is 6.27. The number of hydrogen-bond acceptors (Lipinski definition) is 3. The molecule has 1 heterocycles. The first-order valence-corrected chi connectivity index (χ1v) is 11.2. The molecule has 5 rings (SSSR count). The summed E-state index contributed by atoms with van der Waals surface area (Å²) in [5.74, 6) is 1.46. The van der Waals surface area contributed by atoms with Crippen molar-refractivity contribution in [1.82, 2.24) is 0 Å². The van der Waals surface area contributed by atoms with Crippen molar-refractivity contribution < 1.29 is 9.47 Å². The molecule has 0 saturated heterocycles. The van der Waals surface area contributed by atoms with Crippen molar-refractivity contribution in [1.29, 1.82) is 0 Å². The maximum atomic E-state index is 6.26. The van der Waals surface area contributed by atoms with E-state index in [2.05, 4.69) is 60.7 Å². The summed E-state index contributed by atoms with van der Waals surface area (Å²) in [6, 6.07) is 34.3. The Balaban J connectivity index is 1.42. The molecule has 0 aliphatic carbocycles. The van der Waals surface area contributed by atoms with Gasteiger partial charge in [0.25, 0.3) is 0 Å². The first-order chi connectivity index (χ1) is 15.3. The second-order valence-corrected chi connectivity index (χ2v) is 8.58. The van der Waals surface area contributed by atoms with E-state index < -0.39 is 0 Å². The van der Waals surface area contributed by atoms with Crippen LogP contribution in [0.15, 0.2) is 103 Å². The second kappa shape index (κ2) is 8.84. The van der Waals surface area contributed by atoms with Crippen molar-refractivity contribution in [3.8, 4) is 27.7 Å². The highest BCUT2D eigenvalue weighted by atomic mass is 35.5. The maximum Gasteiger partial charge on any atom is 0.219 e. The van der Waals surface area contributed by atoms with E-state index in [1.165, 1.54) is 11.1 Å². The highest BCUT2D eigenvalue weighted by Gasteiger charge is 2.16. The third-order valence-electron chi connectivity index (χ3n) is 4.96. The summed E-state index contributed by atoms with van der Waals surface area (Å²) >= 11 is 7.61. The molecule has 4 heteroatoms. The second-order valence-electron chi connectivity index (χ2n) is 7.13. The summed E-state index contributed by atoms with van der Waals surface area (Å²) in [6.07, 6.45) is 0. The molecule has 2 nitrogen and oxygen atoms in total. The van der Waals surface area contributed by atoms with Gasteiger partial charge in [0.05, 0.1) is 0 Å². The van der Waals surface area contributed by atoms with Crippen LogP contribution in [-0.4, -0.2) is 0 Å². The molecule has 4 aromatic carbocycles. The Morgan fingerprint density at radius 2 is 1.45 bits per heavy atom. The lowest BCUT2D eigenvalue weighted by atomic mass is 10.0. The lowest BCUT2D eigenvalue weighted by Crippen LogP contribution is -1.96. The Bertz CT molecular complexity index is 1310. The zero-order valence-electron chi connectivity index (χ0n) is 16.6. The zero-order valence-corrected chi connectivity index (χ0v) is 18.2. The third kappa shape index (κ3) is 4.43. The minimum absolute atomic E-state index is 0.463. The predicted molar refractivity (Wildman–Crippen MR) is 130 cm³/mol. The van der Waals surface area contributed by atoms with Crippen molar-refractivity contribution >= 4 is 33.0 Å². The molecule has 0 aliphatic heterocycles. The van der Waals surface area contributed by atoms with Crippen LogP contribution in [0.25, 0.3) is 21.2 Å². The highest BCUT2D eigenvalue weighted by molar-refractivity contribution is 7.21. The first kappa shape index (κ1) is 19.7. The molecular weight excluding hydrogens is 424 g/mol. The van der Waals surface area contributed by atoms with Crippen molar-refractivity contribution in [2.24, 2.45) is 0 Å². The summed E-state index contributed by atoms with van der Waals surface area (Å²) < 4.78 is 13.6. The molecule has 0 spiro atoms. The van der Waals surface area contributed by atoms with Crippen LogP contribution in [0.1, 0.15) is 5.56 Å². The molecule has 0 aliphatic rings. The molecule has 0 fully saturated rings. The summed E-state index contributed by atoms with van der Waals surface area (Å²) in [5.41, 5.74) is 3.48. The quantitative estimate of drug-likeness (QED) is 0.262. The Kier molecular flexibility index (Phi) is 5.61. The number of ether oxygens (including phenoxy) is 2. The SMILES string of the molecule is Clc1ccc(Oc2c(OCc3cccc(-c4ccccc4)c3)sc3ccccc23)cc1. The van der Waals surface area contributed by atoms with E-state index in [4.69, 9.17) is 21.1 Å². The molecule has 31 heavy (non-hydrogen) atoms. The van der Waals surface area contributed by atoms with Crippen molar-refractivity contribution in [2.45, 2.75) is 6.61 Å². The largest absolute Gasteiger partial charge is 0.476 e. The fourth-order valence-electron chi connectivity index (χ4n) is 3.43. The summed E-state index contributed by atoms with van der Waals surface area (Å²) in [6.45, 7) is 0.463. The van der Waals surface area contributed by atoms with Gasteiger partial charge in [-0.25, -0.2) is 0 Å². The highest BCUT2D eigenvalue weighted by Crippen LogP contribution is 2.46. The molecule has 0 bridgehead atoms. The number of benzene rings is 4. The van der Waals surface area contributed by atoms with E-state index in [-0.39, 0.29) is 0 Å². The lowest BCUT2D eigenvalue weighted by molar-refractivity contribution is 0.302. The van der Waals surface area contributed by atoms with E-state index in [0.717, 1.165) is 32.2 Å². The van der Waals surface area contributed by atoms with E-state index in [1.54, 1.807) is 11.3 Å². The molecule has 0 amide bonds. The van der Waals surface area contributed by atoms with Crippen LogP contribution in [-0.2, 0) is 6.61 Å². The average Bonchev–Trinajstić information content (AvgIpc) is 3.17. The van der Waals surface area contributed by atoms with Gasteiger partial charge >= 0.3 is 0 Å². The van der Waals surface area contributed by atoms with Gasteiger partial charge in [-0.05, 0) is 59.2 Å². The van der Waals surface area contributed by atoms with Gasteiger partial charge in [0.1, 0.15) is 12.4 Å². The molecule has 1 aromatic heterocycles. The standard InChI is InChI=1S/C27H19ClO2S/c28-22-13-15-23(16-14-22)30-26-24-11-4-5-12-25(24)31-27(26)29-18-19-7-6-10-21(17-19)20-8-2-1-3-9-20/h1-17H,18H2. The summed E-state index contributed by atoms with van der Waals surface area (Å²) in [7, 11) is 0. The van der Waals surface area contributed by atoms with E-state index >= 15 is 0 Å². The summed E-state index contributed by atoms with van der Waals surface area (Å²) in [4.78, 5) is 0. The first-order valence-electron chi connectivity index (χ1n) is 9.98. The van der Waals surface area contributed by atoms with Crippen molar-refractivity contribution in [2.75, 3.05) is 0 Å². The smallest absolute Gasteiger partial charge is 0.219 e. The van der Waals surface area contributed by atoms with Gasteiger partial charge in [0, 0.05) is 15.1 Å². The predicted octanol–water partition coefficient (Wildman–Crippen LogP) is 8.59. The Morgan fingerprint density at radius 3 is 2.29 bits per heavy atom. The Labute approximate surface area is 190 Å². The monoisotopic (exact) mass is 442 g/mol. The molecule has 0 unspecified atom stereocenters. The fraction of sp³-hybridized carbons (Fsp3) is 0.0370. The Morgan fingerprint density at radius 1 is 0.710 bits per heavy atom. The number of thiophene rings is 1. The van der Waals surface area contributed by atoms with Gasteiger partial charge in [-0.15, -0.1) is 0 Å². The molecule has 0 radical (unpaired) electrons.